The Bertz CT molecular complexity index is 548. The molecule has 17 heavy (non-hydrogen) atoms. The molecule has 2 rings (SSSR count). The van der Waals surface area contributed by atoms with E-state index in [4.69, 9.17) is 16.0 Å². The van der Waals surface area contributed by atoms with Gasteiger partial charge in [0, 0.05) is 10.6 Å². The van der Waals surface area contributed by atoms with E-state index in [9.17, 15) is 9.50 Å². The predicted octanol–water partition coefficient (Wildman–Crippen LogP) is 3.77. The van der Waals surface area contributed by atoms with Crippen molar-refractivity contribution in [3.8, 4) is 0 Å². The lowest BCUT2D eigenvalue weighted by Gasteiger charge is -2.12. The van der Waals surface area contributed by atoms with Crippen molar-refractivity contribution in [1.82, 2.24) is 0 Å². The van der Waals surface area contributed by atoms with Gasteiger partial charge in [-0.3, -0.25) is 0 Å². The normalized spacial score (nSPS) is 12.8. The zero-order valence-corrected chi connectivity index (χ0v) is 10.3. The van der Waals surface area contributed by atoms with E-state index in [0.29, 0.717) is 16.9 Å². The monoisotopic (exact) mass is 254 g/mol. The van der Waals surface area contributed by atoms with E-state index in [1.54, 1.807) is 13.0 Å². The number of halogens is 2. The highest BCUT2D eigenvalue weighted by molar-refractivity contribution is 6.31. The van der Waals surface area contributed by atoms with Gasteiger partial charge in [0.2, 0.25) is 0 Å². The molecule has 1 heterocycles. The second-order valence-electron chi connectivity index (χ2n) is 3.99. The smallest absolute Gasteiger partial charge is 0.139 e. The van der Waals surface area contributed by atoms with Gasteiger partial charge < -0.3 is 9.52 Å². The lowest BCUT2D eigenvalue weighted by atomic mass is 10.0. The van der Waals surface area contributed by atoms with Gasteiger partial charge in [-0.1, -0.05) is 11.6 Å². The maximum absolute atomic E-state index is 13.3. The average molecular weight is 255 g/mol. The van der Waals surface area contributed by atoms with Crippen LogP contribution in [-0.4, -0.2) is 5.11 Å². The summed E-state index contributed by atoms with van der Waals surface area (Å²) in [5.74, 6) is 0.0417. The molecule has 4 heteroatoms. The summed E-state index contributed by atoms with van der Waals surface area (Å²) in [6, 6.07) is 4.49. The summed E-state index contributed by atoms with van der Waals surface area (Å²) in [6.07, 6.45) is 0.523. The molecule has 2 nitrogen and oxygen atoms in total. The van der Waals surface area contributed by atoms with Crippen LogP contribution in [0.25, 0.3) is 0 Å². The average Bonchev–Trinajstić information content (AvgIpc) is 2.69. The maximum atomic E-state index is 13.3. The van der Waals surface area contributed by atoms with E-state index in [2.05, 4.69) is 0 Å². The Kier molecular flexibility index (Phi) is 3.22. The Hall–Kier alpha value is -1.32. The number of benzene rings is 1. The minimum absolute atomic E-state index is 0.191. The summed E-state index contributed by atoms with van der Waals surface area (Å²) < 4.78 is 18.5. The number of hydrogen-bond acceptors (Lipinski definition) is 2. The highest BCUT2D eigenvalue weighted by atomic mass is 35.5. The van der Waals surface area contributed by atoms with E-state index in [1.807, 2.05) is 6.92 Å². The van der Waals surface area contributed by atoms with Gasteiger partial charge in [-0.25, -0.2) is 4.39 Å². The first-order chi connectivity index (χ1) is 8.00. The van der Waals surface area contributed by atoms with E-state index < -0.39 is 6.10 Å². The third kappa shape index (κ3) is 2.21. The molecule has 0 saturated carbocycles. The molecular formula is C13H12ClFO2. The van der Waals surface area contributed by atoms with Gasteiger partial charge in [0.15, 0.2) is 0 Å². The number of hydrogen-bond donors (Lipinski definition) is 1. The first-order valence-corrected chi connectivity index (χ1v) is 5.56. The molecular weight excluding hydrogens is 243 g/mol. The number of aryl methyl sites for hydroxylation is 2. The van der Waals surface area contributed by atoms with Gasteiger partial charge >= 0.3 is 0 Å². The minimum Gasteiger partial charge on any atom is -0.466 e. The molecule has 1 N–H and O–H groups in total. The van der Waals surface area contributed by atoms with Crippen LogP contribution < -0.4 is 0 Å². The Balaban J connectivity index is 2.48. The van der Waals surface area contributed by atoms with Crippen molar-refractivity contribution in [2.24, 2.45) is 0 Å². The molecule has 0 amide bonds. The molecule has 0 bridgehead atoms. The van der Waals surface area contributed by atoms with Gasteiger partial charge in [-0.2, -0.15) is 0 Å². The van der Waals surface area contributed by atoms with E-state index in [-0.39, 0.29) is 10.8 Å². The third-order valence-corrected chi connectivity index (χ3v) is 3.05. The highest BCUT2D eigenvalue weighted by Gasteiger charge is 2.20. The number of aliphatic hydroxyl groups is 1. The molecule has 90 valence electrons. The van der Waals surface area contributed by atoms with Gasteiger partial charge in [0.05, 0.1) is 6.26 Å². The summed E-state index contributed by atoms with van der Waals surface area (Å²) in [6.45, 7) is 3.45. The Morgan fingerprint density at radius 1 is 1.29 bits per heavy atom. The van der Waals surface area contributed by atoms with Gasteiger partial charge in [-0.05, 0) is 43.2 Å². The largest absolute Gasteiger partial charge is 0.466 e. The zero-order chi connectivity index (χ0) is 12.6. The van der Waals surface area contributed by atoms with Gasteiger partial charge in [0.25, 0.3) is 0 Å². The molecule has 0 aliphatic heterocycles. The van der Waals surface area contributed by atoms with E-state index >= 15 is 0 Å². The number of furan rings is 1. The van der Waals surface area contributed by atoms with Crippen LogP contribution in [0, 0.1) is 19.7 Å². The van der Waals surface area contributed by atoms with Crippen LogP contribution in [-0.2, 0) is 0 Å². The van der Waals surface area contributed by atoms with Crippen LogP contribution in [0.4, 0.5) is 4.39 Å². The van der Waals surface area contributed by atoms with Crippen molar-refractivity contribution in [1.29, 1.82) is 0 Å². The van der Waals surface area contributed by atoms with E-state index in [1.165, 1.54) is 18.4 Å². The SMILES string of the molecule is Cc1cc(C(O)c2occc2C)c(Cl)cc1F. The van der Waals surface area contributed by atoms with E-state index in [0.717, 1.165) is 5.56 Å². The lowest BCUT2D eigenvalue weighted by molar-refractivity contribution is 0.188. The molecule has 1 aromatic heterocycles. The number of rotatable bonds is 2. The Morgan fingerprint density at radius 3 is 2.59 bits per heavy atom. The molecule has 0 fully saturated rings. The minimum atomic E-state index is -0.975. The fourth-order valence-electron chi connectivity index (χ4n) is 1.69. The van der Waals surface area contributed by atoms with Crippen LogP contribution in [0.15, 0.2) is 28.9 Å². The van der Waals surface area contributed by atoms with Crippen molar-refractivity contribution in [2.45, 2.75) is 20.0 Å². The summed E-state index contributed by atoms with van der Waals surface area (Å²) in [7, 11) is 0. The second kappa shape index (κ2) is 4.51. The molecule has 0 aliphatic carbocycles. The molecule has 1 unspecified atom stereocenters. The summed E-state index contributed by atoms with van der Waals surface area (Å²) in [4.78, 5) is 0. The first kappa shape index (κ1) is 12.1. The molecule has 1 atom stereocenters. The predicted molar refractivity (Wildman–Crippen MR) is 63.7 cm³/mol. The van der Waals surface area contributed by atoms with Crippen molar-refractivity contribution >= 4 is 11.6 Å². The molecule has 0 spiro atoms. The van der Waals surface area contributed by atoms with Crippen LogP contribution in [0.5, 0.6) is 0 Å². The van der Waals surface area contributed by atoms with Gasteiger partial charge in [-0.15, -0.1) is 0 Å². The molecule has 0 aliphatic rings. The highest BCUT2D eigenvalue weighted by Crippen LogP contribution is 2.32. The standard InChI is InChI=1S/C13H12ClFO2/c1-7-3-4-17-13(7)12(16)9-5-8(2)11(15)6-10(9)14/h3-6,12,16H,1-2H3. The fourth-order valence-corrected chi connectivity index (χ4v) is 1.95. The van der Waals surface area contributed by atoms with Crippen molar-refractivity contribution in [2.75, 3.05) is 0 Å². The van der Waals surface area contributed by atoms with Crippen LogP contribution in [0.2, 0.25) is 5.02 Å². The van der Waals surface area contributed by atoms with Crippen LogP contribution in [0.1, 0.15) is 28.6 Å². The van der Waals surface area contributed by atoms with Crippen molar-refractivity contribution in [3.63, 3.8) is 0 Å². The number of aliphatic hydroxyl groups excluding tert-OH is 1. The van der Waals surface area contributed by atoms with Crippen molar-refractivity contribution in [3.05, 3.63) is 57.8 Å². The van der Waals surface area contributed by atoms with Crippen LogP contribution >= 0.6 is 11.6 Å². The van der Waals surface area contributed by atoms with Crippen molar-refractivity contribution < 1.29 is 13.9 Å². The Labute approximate surface area is 104 Å². The lowest BCUT2D eigenvalue weighted by Crippen LogP contribution is -2.02. The third-order valence-electron chi connectivity index (χ3n) is 2.72. The summed E-state index contributed by atoms with van der Waals surface area (Å²) in [5.41, 5.74) is 1.71. The zero-order valence-electron chi connectivity index (χ0n) is 9.50. The quantitative estimate of drug-likeness (QED) is 0.885. The first-order valence-electron chi connectivity index (χ1n) is 5.18. The summed E-state index contributed by atoms with van der Waals surface area (Å²) >= 11 is 5.92. The molecule has 2 aromatic rings. The molecule has 1 aromatic carbocycles. The Morgan fingerprint density at radius 2 is 2.00 bits per heavy atom. The maximum Gasteiger partial charge on any atom is 0.139 e. The van der Waals surface area contributed by atoms with Gasteiger partial charge in [0.1, 0.15) is 17.7 Å². The molecule has 0 radical (unpaired) electrons. The topological polar surface area (TPSA) is 33.4 Å². The summed E-state index contributed by atoms with van der Waals surface area (Å²) in [5, 5.41) is 10.3. The second-order valence-corrected chi connectivity index (χ2v) is 4.40. The van der Waals surface area contributed by atoms with Crippen LogP contribution in [0.3, 0.4) is 0 Å². The fraction of sp³-hybridized carbons (Fsp3) is 0.231. The molecule has 0 saturated heterocycles.